The van der Waals surface area contributed by atoms with Gasteiger partial charge in [0.1, 0.15) is 6.04 Å². The van der Waals surface area contributed by atoms with E-state index in [9.17, 15) is 9.59 Å². The molecule has 94 valence electrons. The molecule has 1 unspecified atom stereocenters. The molecule has 0 bridgehead atoms. The van der Waals surface area contributed by atoms with Crippen molar-refractivity contribution in [2.75, 3.05) is 19.1 Å². The molecule has 0 aromatic carbocycles. The topological polar surface area (TPSA) is 55.4 Å². The molecule has 1 amide bonds. The van der Waals surface area contributed by atoms with Crippen LogP contribution in [0.5, 0.6) is 0 Å². The third-order valence-corrected chi connectivity index (χ3v) is 2.67. The number of amides is 1. The Morgan fingerprint density at radius 3 is 2.44 bits per heavy atom. The molecule has 0 aromatic rings. The quantitative estimate of drug-likeness (QED) is 0.692. The van der Waals surface area contributed by atoms with Gasteiger partial charge in [-0.15, -0.1) is 0 Å². The Labute approximate surface area is 101 Å². The van der Waals surface area contributed by atoms with Crippen LogP contribution in [-0.2, 0) is 14.3 Å². The number of hydrogen-bond donors (Lipinski definition) is 1. The summed E-state index contributed by atoms with van der Waals surface area (Å²) in [5.41, 5.74) is 0. The second-order valence-corrected chi connectivity index (χ2v) is 5.00. The van der Waals surface area contributed by atoms with Gasteiger partial charge in [0.15, 0.2) is 0 Å². The zero-order valence-corrected chi connectivity index (χ0v) is 11.2. The molecule has 0 aromatic heterocycles. The number of rotatable bonds is 7. The van der Waals surface area contributed by atoms with E-state index in [1.165, 1.54) is 7.11 Å². The van der Waals surface area contributed by atoms with Gasteiger partial charge < -0.3 is 10.1 Å². The summed E-state index contributed by atoms with van der Waals surface area (Å²) >= 11 is 1.61. The van der Waals surface area contributed by atoms with Crippen molar-refractivity contribution >= 4 is 23.6 Å². The summed E-state index contributed by atoms with van der Waals surface area (Å²) in [5.74, 6) is 0.642. The summed E-state index contributed by atoms with van der Waals surface area (Å²) < 4.78 is 4.66. The van der Waals surface area contributed by atoms with Gasteiger partial charge in [-0.2, -0.15) is 11.8 Å². The second kappa shape index (κ2) is 8.44. The molecule has 0 saturated carbocycles. The van der Waals surface area contributed by atoms with Gasteiger partial charge in [-0.1, -0.05) is 13.8 Å². The standard InChI is InChI=1S/C11H21NO3S/c1-8(2)7-9(11(14)15-3)12-10(13)5-6-16-4/h8-9H,5-7H2,1-4H3,(H,12,13). The molecule has 0 rings (SSSR count). The molecule has 0 aliphatic rings. The lowest BCUT2D eigenvalue weighted by Crippen LogP contribution is -2.42. The fraction of sp³-hybridized carbons (Fsp3) is 0.818. The Hall–Kier alpha value is -0.710. The Morgan fingerprint density at radius 2 is 2.00 bits per heavy atom. The zero-order chi connectivity index (χ0) is 12.6. The number of carbonyl (C=O) groups excluding carboxylic acids is 2. The van der Waals surface area contributed by atoms with Crippen molar-refractivity contribution in [2.24, 2.45) is 5.92 Å². The van der Waals surface area contributed by atoms with Crippen molar-refractivity contribution in [3.63, 3.8) is 0 Å². The molecule has 16 heavy (non-hydrogen) atoms. The van der Waals surface area contributed by atoms with Crippen LogP contribution in [0.2, 0.25) is 0 Å². The van der Waals surface area contributed by atoms with Crippen LogP contribution in [0, 0.1) is 5.92 Å². The number of hydrogen-bond acceptors (Lipinski definition) is 4. The molecule has 5 heteroatoms. The highest BCUT2D eigenvalue weighted by Gasteiger charge is 2.22. The first-order valence-electron chi connectivity index (χ1n) is 5.37. The van der Waals surface area contributed by atoms with E-state index >= 15 is 0 Å². The lowest BCUT2D eigenvalue weighted by molar-refractivity contribution is -0.145. The smallest absolute Gasteiger partial charge is 0.328 e. The first kappa shape index (κ1) is 15.3. The minimum Gasteiger partial charge on any atom is -0.467 e. The molecule has 4 nitrogen and oxygen atoms in total. The van der Waals surface area contributed by atoms with Gasteiger partial charge in [-0.3, -0.25) is 4.79 Å². The normalized spacial score (nSPS) is 12.3. The van der Waals surface area contributed by atoms with Gasteiger partial charge in [0.05, 0.1) is 7.11 Å². The Balaban J connectivity index is 4.19. The summed E-state index contributed by atoms with van der Waals surface area (Å²) in [5, 5.41) is 2.71. The fourth-order valence-corrected chi connectivity index (χ4v) is 1.68. The maximum absolute atomic E-state index is 11.5. The van der Waals surface area contributed by atoms with Gasteiger partial charge in [-0.05, 0) is 18.6 Å². The van der Waals surface area contributed by atoms with Crippen LogP contribution in [0.15, 0.2) is 0 Å². The van der Waals surface area contributed by atoms with Gasteiger partial charge in [0.2, 0.25) is 5.91 Å². The van der Waals surface area contributed by atoms with Crippen molar-refractivity contribution in [3.05, 3.63) is 0 Å². The lowest BCUT2D eigenvalue weighted by atomic mass is 10.0. The maximum Gasteiger partial charge on any atom is 0.328 e. The molecule has 0 fully saturated rings. The highest BCUT2D eigenvalue weighted by atomic mass is 32.2. The van der Waals surface area contributed by atoms with Crippen molar-refractivity contribution in [1.29, 1.82) is 0 Å². The molecule has 0 aliphatic carbocycles. The predicted molar refractivity (Wildman–Crippen MR) is 66.4 cm³/mol. The van der Waals surface area contributed by atoms with E-state index in [1.54, 1.807) is 11.8 Å². The molecular formula is C11H21NO3S. The summed E-state index contributed by atoms with van der Waals surface area (Å²) in [6, 6.07) is -0.514. The summed E-state index contributed by atoms with van der Waals surface area (Å²) in [6.45, 7) is 4.01. The summed E-state index contributed by atoms with van der Waals surface area (Å²) in [6.07, 6.45) is 2.99. The number of methoxy groups -OCH3 is 1. The van der Waals surface area contributed by atoms with Crippen molar-refractivity contribution in [2.45, 2.75) is 32.7 Å². The maximum atomic E-state index is 11.5. The third-order valence-electron chi connectivity index (χ3n) is 2.06. The number of carbonyl (C=O) groups is 2. The number of ether oxygens (including phenoxy) is 1. The van der Waals surface area contributed by atoms with E-state index in [4.69, 9.17) is 0 Å². The van der Waals surface area contributed by atoms with Crippen molar-refractivity contribution in [1.82, 2.24) is 5.32 Å². The molecule has 0 saturated heterocycles. The average molecular weight is 247 g/mol. The fourth-order valence-electron chi connectivity index (χ4n) is 1.29. The minimum atomic E-state index is -0.514. The Kier molecular flexibility index (Phi) is 8.07. The van der Waals surface area contributed by atoms with Crippen LogP contribution in [0.1, 0.15) is 26.7 Å². The van der Waals surface area contributed by atoms with Crippen LogP contribution in [0.4, 0.5) is 0 Å². The first-order chi connectivity index (χ1) is 7.51. The highest BCUT2D eigenvalue weighted by Crippen LogP contribution is 2.07. The molecule has 1 N–H and O–H groups in total. The summed E-state index contributed by atoms with van der Waals surface area (Å²) in [4.78, 5) is 22.9. The van der Waals surface area contributed by atoms with Gasteiger partial charge in [0, 0.05) is 12.2 Å². The number of thioether (sulfide) groups is 1. The molecule has 0 heterocycles. The van der Waals surface area contributed by atoms with E-state index in [1.807, 2.05) is 20.1 Å². The number of esters is 1. The minimum absolute atomic E-state index is 0.0922. The second-order valence-electron chi connectivity index (χ2n) is 4.02. The van der Waals surface area contributed by atoms with Crippen molar-refractivity contribution in [3.8, 4) is 0 Å². The Bertz CT molecular complexity index is 231. The monoisotopic (exact) mass is 247 g/mol. The predicted octanol–water partition coefficient (Wildman–Crippen LogP) is 1.44. The van der Waals surface area contributed by atoms with E-state index in [0.717, 1.165) is 5.75 Å². The van der Waals surface area contributed by atoms with Crippen LogP contribution >= 0.6 is 11.8 Å². The number of nitrogens with one attached hydrogen (secondary N) is 1. The highest BCUT2D eigenvalue weighted by molar-refractivity contribution is 7.98. The zero-order valence-electron chi connectivity index (χ0n) is 10.4. The average Bonchev–Trinajstić information content (AvgIpc) is 2.23. The summed E-state index contributed by atoms with van der Waals surface area (Å²) in [7, 11) is 1.34. The molecular weight excluding hydrogens is 226 g/mol. The Morgan fingerprint density at radius 1 is 1.38 bits per heavy atom. The first-order valence-corrected chi connectivity index (χ1v) is 6.76. The van der Waals surface area contributed by atoms with E-state index in [2.05, 4.69) is 10.1 Å². The van der Waals surface area contributed by atoms with Gasteiger partial charge >= 0.3 is 5.97 Å². The molecule has 1 atom stereocenters. The van der Waals surface area contributed by atoms with Crippen LogP contribution in [0.3, 0.4) is 0 Å². The lowest BCUT2D eigenvalue weighted by Gasteiger charge is -2.18. The van der Waals surface area contributed by atoms with E-state index in [0.29, 0.717) is 18.8 Å². The molecule has 0 aliphatic heterocycles. The van der Waals surface area contributed by atoms with Gasteiger partial charge in [0.25, 0.3) is 0 Å². The van der Waals surface area contributed by atoms with E-state index in [-0.39, 0.29) is 11.9 Å². The molecule has 0 radical (unpaired) electrons. The van der Waals surface area contributed by atoms with E-state index < -0.39 is 6.04 Å². The SMILES string of the molecule is COC(=O)C(CC(C)C)NC(=O)CCSC. The van der Waals surface area contributed by atoms with Crippen LogP contribution in [0.25, 0.3) is 0 Å². The largest absolute Gasteiger partial charge is 0.467 e. The van der Waals surface area contributed by atoms with Crippen LogP contribution < -0.4 is 5.32 Å². The van der Waals surface area contributed by atoms with Crippen molar-refractivity contribution < 1.29 is 14.3 Å². The van der Waals surface area contributed by atoms with Crippen LogP contribution in [-0.4, -0.2) is 37.0 Å². The third kappa shape index (κ3) is 6.71. The molecule has 0 spiro atoms. The van der Waals surface area contributed by atoms with Gasteiger partial charge in [-0.25, -0.2) is 4.79 Å².